The summed E-state index contributed by atoms with van der Waals surface area (Å²) in [5.74, 6) is 1.15. The molecule has 1 aliphatic heterocycles. The predicted octanol–water partition coefficient (Wildman–Crippen LogP) is 4.44. The van der Waals surface area contributed by atoms with Crippen LogP contribution in [0.25, 0.3) is 0 Å². The number of hydrogen-bond acceptors (Lipinski definition) is 5. The molecule has 2 heterocycles. The lowest BCUT2D eigenvalue weighted by Crippen LogP contribution is -2.20. The molecule has 6 heteroatoms. The monoisotopic (exact) mass is 388 g/mol. The molecule has 0 aliphatic carbocycles. The first-order valence-corrected chi connectivity index (χ1v) is 9.82. The van der Waals surface area contributed by atoms with Crippen molar-refractivity contribution in [2.45, 2.75) is 12.8 Å². The number of aromatic nitrogens is 1. The first kappa shape index (κ1) is 18.8. The van der Waals surface area contributed by atoms with Crippen molar-refractivity contribution >= 4 is 28.8 Å². The Kier molecular flexibility index (Phi) is 5.90. The zero-order valence-corrected chi connectivity index (χ0v) is 16.2. The fourth-order valence-corrected chi connectivity index (χ4v) is 3.28. The van der Waals surface area contributed by atoms with Gasteiger partial charge in [0.1, 0.15) is 11.6 Å². The van der Waals surface area contributed by atoms with E-state index in [1.54, 1.807) is 6.20 Å². The maximum atomic E-state index is 12.0. The summed E-state index contributed by atoms with van der Waals surface area (Å²) in [5.41, 5.74) is 2.87. The molecule has 0 radical (unpaired) electrons. The molecule has 0 atom stereocenters. The maximum absolute atomic E-state index is 12.0. The van der Waals surface area contributed by atoms with Gasteiger partial charge in [-0.05, 0) is 61.4 Å². The number of para-hydroxylation sites is 1. The Morgan fingerprint density at radius 1 is 0.931 bits per heavy atom. The number of amides is 1. The van der Waals surface area contributed by atoms with Crippen molar-refractivity contribution in [1.82, 2.24) is 4.98 Å². The van der Waals surface area contributed by atoms with E-state index in [1.165, 1.54) is 18.5 Å². The van der Waals surface area contributed by atoms with Crippen LogP contribution >= 0.6 is 0 Å². The fourth-order valence-electron chi connectivity index (χ4n) is 3.28. The van der Waals surface area contributed by atoms with Gasteiger partial charge in [0.2, 0.25) is 0 Å². The van der Waals surface area contributed by atoms with Crippen LogP contribution in [0.3, 0.4) is 0 Å². The molecule has 0 bridgehead atoms. The number of rotatable bonds is 7. The summed E-state index contributed by atoms with van der Waals surface area (Å²) in [6.07, 6.45) is 4.16. The standard InChI is InChI=1S/C23H24N4O2/c28-23(17-29-21-6-2-1-3-7-21)26-19-10-13-22(24-16-19)25-18-8-11-20(12-9-18)27-14-4-5-15-27/h1-3,6-13,16H,4-5,14-15,17H2,(H,24,25)(H,26,28). The summed E-state index contributed by atoms with van der Waals surface area (Å²) in [7, 11) is 0. The zero-order valence-electron chi connectivity index (χ0n) is 16.2. The molecule has 1 amide bonds. The third-order valence-electron chi connectivity index (χ3n) is 4.77. The van der Waals surface area contributed by atoms with E-state index in [-0.39, 0.29) is 12.5 Å². The van der Waals surface area contributed by atoms with Crippen molar-refractivity contribution in [1.29, 1.82) is 0 Å². The van der Waals surface area contributed by atoms with Gasteiger partial charge in [-0.3, -0.25) is 4.79 Å². The van der Waals surface area contributed by atoms with Crippen LogP contribution in [-0.2, 0) is 4.79 Å². The van der Waals surface area contributed by atoms with Crippen molar-refractivity contribution in [3.05, 3.63) is 72.9 Å². The van der Waals surface area contributed by atoms with E-state index in [4.69, 9.17) is 4.74 Å². The lowest BCUT2D eigenvalue weighted by molar-refractivity contribution is -0.118. The number of anilines is 4. The number of nitrogens with one attached hydrogen (secondary N) is 2. The average molecular weight is 388 g/mol. The van der Waals surface area contributed by atoms with Gasteiger partial charge in [-0.15, -0.1) is 0 Å². The number of nitrogens with zero attached hydrogens (tertiary/aromatic N) is 2. The molecule has 29 heavy (non-hydrogen) atoms. The largest absolute Gasteiger partial charge is 0.484 e. The van der Waals surface area contributed by atoms with Gasteiger partial charge in [-0.1, -0.05) is 18.2 Å². The summed E-state index contributed by atoms with van der Waals surface area (Å²) < 4.78 is 5.44. The van der Waals surface area contributed by atoms with Crippen LogP contribution in [0.4, 0.5) is 22.9 Å². The number of benzene rings is 2. The highest BCUT2D eigenvalue weighted by molar-refractivity contribution is 5.91. The van der Waals surface area contributed by atoms with Gasteiger partial charge in [0.15, 0.2) is 6.61 Å². The molecule has 6 nitrogen and oxygen atoms in total. The molecule has 3 aromatic rings. The van der Waals surface area contributed by atoms with E-state index in [9.17, 15) is 4.79 Å². The van der Waals surface area contributed by atoms with Gasteiger partial charge >= 0.3 is 0 Å². The lowest BCUT2D eigenvalue weighted by Gasteiger charge is -2.17. The quantitative estimate of drug-likeness (QED) is 0.626. The first-order chi connectivity index (χ1) is 14.3. The number of ether oxygens (including phenoxy) is 1. The molecule has 0 unspecified atom stereocenters. The summed E-state index contributed by atoms with van der Waals surface area (Å²) in [5, 5.41) is 6.06. The third-order valence-corrected chi connectivity index (χ3v) is 4.77. The summed E-state index contributed by atoms with van der Waals surface area (Å²) in [6, 6.07) is 21.3. The highest BCUT2D eigenvalue weighted by Gasteiger charge is 2.11. The molecule has 2 N–H and O–H groups in total. The van der Waals surface area contributed by atoms with Crippen molar-refractivity contribution in [3.8, 4) is 5.75 Å². The molecule has 1 aromatic heterocycles. The molecular weight excluding hydrogens is 364 g/mol. The van der Waals surface area contributed by atoms with Gasteiger partial charge in [0, 0.05) is 24.5 Å². The van der Waals surface area contributed by atoms with Gasteiger partial charge in [0.05, 0.1) is 11.9 Å². The lowest BCUT2D eigenvalue weighted by atomic mass is 10.2. The van der Waals surface area contributed by atoms with Gasteiger partial charge < -0.3 is 20.3 Å². The minimum Gasteiger partial charge on any atom is -0.484 e. The second kappa shape index (κ2) is 9.10. The van der Waals surface area contributed by atoms with Crippen LogP contribution in [0.2, 0.25) is 0 Å². The molecule has 148 valence electrons. The van der Waals surface area contributed by atoms with Gasteiger partial charge in [-0.25, -0.2) is 4.98 Å². The Balaban J connectivity index is 1.28. The highest BCUT2D eigenvalue weighted by atomic mass is 16.5. The molecule has 1 fully saturated rings. The smallest absolute Gasteiger partial charge is 0.262 e. The number of carbonyl (C=O) groups excluding carboxylic acids is 1. The number of carbonyl (C=O) groups is 1. The van der Waals surface area contributed by atoms with Crippen molar-refractivity contribution < 1.29 is 9.53 Å². The van der Waals surface area contributed by atoms with Crippen molar-refractivity contribution in [2.75, 3.05) is 35.2 Å². The van der Waals surface area contributed by atoms with E-state index in [0.717, 1.165) is 24.6 Å². The first-order valence-electron chi connectivity index (χ1n) is 9.82. The minimum atomic E-state index is -0.228. The van der Waals surface area contributed by atoms with Crippen LogP contribution < -0.4 is 20.3 Å². The molecule has 1 saturated heterocycles. The SMILES string of the molecule is O=C(COc1ccccc1)Nc1ccc(Nc2ccc(N3CCCC3)cc2)nc1. The zero-order chi connectivity index (χ0) is 19.9. The average Bonchev–Trinajstić information content (AvgIpc) is 3.30. The minimum absolute atomic E-state index is 0.0482. The molecule has 2 aromatic carbocycles. The fraction of sp³-hybridized carbons (Fsp3) is 0.217. The van der Waals surface area contributed by atoms with Crippen LogP contribution in [0, 0.1) is 0 Å². The number of pyridine rings is 1. The van der Waals surface area contributed by atoms with Crippen LogP contribution in [-0.4, -0.2) is 30.6 Å². The Morgan fingerprint density at radius 2 is 1.66 bits per heavy atom. The molecule has 0 spiro atoms. The Morgan fingerprint density at radius 3 is 2.34 bits per heavy atom. The van der Waals surface area contributed by atoms with E-state index in [0.29, 0.717) is 11.4 Å². The number of hydrogen-bond donors (Lipinski definition) is 2. The third kappa shape index (κ3) is 5.25. The topological polar surface area (TPSA) is 66.5 Å². The van der Waals surface area contributed by atoms with E-state index in [2.05, 4.69) is 44.8 Å². The normalized spacial score (nSPS) is 13.2. The van der Waals surface area contributed by atoms with Crippen molar-refractivity contribution in [2.24, 2.45) is 0 Å². The van der Waals surface area contributed by atoms with E-state index in [1.807, 2.05) is 42.5 Å². The maximum Gasteiger partial charge on any atom is 0.262 e. The second-order valence-electron chi connectivity index (χ2n) is 6.95. The van der Waals surface area contributed by atoms with Crippen molar-refractivity contribution in [3.63, 3.8) is 0 Å². The Labute approximate surface area is 170 Å². The van der Waals surface area contributed by atoms with Crippen LogP contribution in [0.15, 0.2) is 72.9 Å². The summed E-state index contributed by atoms with van der Waals surface area (Å²) in [4.78, 5) is 18.8. The molecule has 0 saturated carbocycles. The van der Waals surface area contributed by atoms with Crippen LogP contribution in [0.1, 0.15) is 12.8 Å². The molecule has 4 rings (SSSR count). The van der Waals surface area contributed by atoms with Gasteiger partial charge in [-0.2, -0.15) is 0 Å². The summed E-state index contributed by atoms with van der Waals surface area (Å²) in [6.45, 7) is 2.23. The van der Waals surface area contributed by atoms with Crippen LogP contribution in [0.5, 0.6) is 5.75 Å². The second-order valence-corrected chi connectivity index (χ2v) is 6.95. The van der Waals surface area contributed by atoms with E-state index < -0.39 is 0 Å². The Hall–Kier alpha value is -3.54. The predicted molar refractivity (Wildman–Crippen MR) is 116 cm³/mol. The molecule has 1 aliphatic rings. The molecular formula is C23H24N4O2. The van der Waals surface area contributed by atoms with Gasteiger partial charge in [0.25, 0.3) is 5.91 Å². The van der Waals surface area contributed by atoms with E-state index >= 15 is 0 Å². The Bertz CT molecular complexity index is 921. The highest BCUT2D eigenvalue weighted by Crippen LogP contribution is 2.23. The summed E-state index contributed by atoms with van der Waals surface area (Å²) >= 11 is 0.